The Morgan fingerprint density at radius 2 is 2.19 bits per heavy atom. The Bertz CT molecular complexity index is 336. The third-order valence-corrected chi connectivity index (χ3v) is 3.73. The van der Waals surface area contributed by atoms with Crippen LogP contribution in [0.2, 0.25) is 0 Å². The summed E-state index contributed by atoms with van der Waals surface area (Å²) in [5.74, 6) is -0.184. The quantitative estimate of drug-likeness (QED) is 0.776. The number of carbonyl (C=O) groups excluding carboxylic acids is 1. The minimum absolute atomic E-state index is 0.0439. The van der Waals surface area contributed by atoms with Gasteiger partial charge in [-0.05, 0) is 31.4 Å². The lowest BCUT2D eigenvalue weighted by Crippen LogP contribution is -2.23. The molecule has 0 aliphatic heterocycles. The van der Waals surface area contributed by atoms with Gasteiger partial charge in [0, 0.05) is 22.2 Å². The molecule has 2 N–H and O–H groups in total. The summed E-state index contributed by atoms with van der Waals surface area (Å²) in [6, 6.07) is 4.32. The van der Waals surface area contributed by atoms with Gasteiger partial charge >= 0.3 is 5.97 Å². The number of thiophene rings is 1. The molecule has 1 rings (SSSR count). The first-order valence-electron chi connectivity index (χ1n) is 5.55. The molecule has 1 atom stereocenters. The summed E-state index contributed by atoms with van der Waals surface area (Å²) in [4.78, 5) is 13.6. The van der Waals surface area contributed by atoms with Crippen LogP contribution in [0.3, 0.4) is 0 Å². The minimum Gasteiger partial charge on any atom is -0.469 e. The Morgan fingerprint density at radius 1 is 1.50 bits per heavy atom. The number of methoxy groups -OCH3 is 1. The predicted molar refractivity (Wildman–Crippen MR) is 66.6 cm³/mol. The molecule has 0 aromatic carbocycles. The van der Waals surface area contributed by atoms with Crippen LogP contribution in [-0.2, 0) is 22.4 Å². The molecule has 0 radical (unpaired) electrons. The monoisotopic (exact) mass is 241 g/mol. The van der Waals surface area contributed by atoms with Crippen molar-refractivity contribution in [3.8, 4) is 0 Å². The second kappa shape index (κ2) is 6.66. The van der Waals surface area contributed by atoms with Gasteiger partial charge in [-0.1, -0.05) is 6.92 Å². The fraction of sp³-hybridized carbons (Fsp3) is 0.583. The van der Waals surface area contributed by atoms with Gasteiger partial charge in [0.25, 0.3) is 0 Å². The molecule has 0 bridgehead atoms. The molecule has 0 amide bonds. The number of ether oxygens (including phenoxy) is 1. The molecule has 1 aromatic heterocycles. The molecule has 0 saturated carbocycles. The van der Waals surface area contributed by atoms with E-state index in [2.05, 4.69) is 23.8 Å². The van der Waals surface area contributed by atoms with Crippen molar-refractivity contribution in [3.05, 3.63) is 21.9 Å². The number of hydrogen-bond donors (Lipinski definition) is 1. The van der Waals surface area contributed by atoms with Crippen LogP contribution in [0, 0.1) is 0 Å². The van der Waals surface area contributed by atoms with E-state index in [1.54, 1.807) is 11.3 Å². The van der Waals surface area contributed by atoms with E-state index in [-0.39, 0.29) is 12.0 Å². The van der Waals surface area contributed by atoms with Gasteiger partial charge in [-0.3, -0.25) is 4.79 Å². The van der Waals surface area contributed by atoms with Gasteiger partial charge in [0.2, 0.25) is 0 Å². The first-order chi connectivity index (χ1) is 7.65. The summed E-state index contributed by atoms with van der Waals surface area (Å²) in [7, 11) is 1.40. The van der Waals surface area contributed by atoms with E-state index < -0.39 is 0 Å². The van der Waals surface area contributed by atoms with Crippen molar-refractivity contribution in [1.29, 1.82) is 0 Å². The van der Waals surface area contributed by atoms with Gasteiger partial charge in [-0.25, -0.2) is 0 Å². The van der Waals surface area contributed by atoms with Crippen LogP contribution in [-0.4, -0.2) is 19.1 Å². The SMILES string of the molecule is CCc1ccc(CC(N)CCC(=O)OC)s1. The fourth-order valence-electron chi connectivity index (χ4n) is 1.49. The molecule has 90 valence electrons. The summed E-state index contributed by atoms with van der Waals surface area (Å²) < 4.78 is 4.58. The Kier molecular flexibility index (Phi) is 5.49. The second-order valence-corrected chi connectivity index (χ2v) is 5.05. The highest BCUT2D eigenvalue weighted by atomic mass is 32.1. The molecule has 4 heteroatoms. The first-order valence-corrected chi connectivity index (χ1v) is 6.37. The lowest BCUT2D eigenvalue weighted by molar-refractivity contribution is -0.140. The van der Waals surface area contributed by atoms with E-state index in [4.69, 9.17) is 5.73 Å². The number of carbonyl (C=O) groups is 1. The Labute approximate surface area is 101 Å². The van der Waals surface area contributed by atoms with E-state index in [0.29, 0.717) is 12.8 Å². The summed E-state index contributed by atoms with van der Waals surface area (Å²) >= 11 is 1.81. The third-order valence-electron chi connectivity index (χ3n) is 2.48. The van der Waals surface area contributed by atoms with Gasteiger partial charge in [0.1, 0.15) is 0 Å². The molecule has 0 saturated heterocycles. The van der Waals surface area contributed by atoms with Crippen LogP contribution >= 0.6 is 11.3 Å². The normalized spacial score (nSPS) is 12.4. The van der Waals surface area contributed by atoms with Crippen LogP contribution in [0.4, 0.5) is 0 Å². The topological polar surface area (TPSA) is 52.3 Å². The van der Waals surface area contributed by atoms with E-state index in [1.807, 2.05) is 0 Å². The van der Waals surface area contributed by atoms with E-state index in [0.717, 1.165) is 12.8 Å². The summed E-state index contributed by atoms with van der Waals surface area (Å²) in [6.07, 6.45) is 3.01. The Morgan fingerprint density at radius 3 is 2.75 bits per heavy atom. The molecular weight excluding hydrogens is 222 g/mol. The van der Waals surface area contributed by atoms with Gasteiger partial charge < -0.3 is 10.5 Å². The fourth-order valence-corrected chi connectivity index (χ4v) is 2.54. The van der Waals surface area contributed by atoms with Gasteiger partial charge in [-0.2, -0.15) is 0 Å². The standard InChI is InChI=1S/C12H19NO2S/c1-3-10-5-6-11(16-10)8-9(13)4-7-12(14)15-2/h5-6,9H,3-4,7-8,13H2,1-2H3. The molecular formula is C12H19NO2S. The van der Waals surface area contributed by atoms with Gasteiger partial charge in [0.05, 0.1) is 7.11 Å². The van der Waals surface area contributed by atoms with Crippen LogP contribution < -0.4 is 5.73 Å². The van der Waals surface area contributed by atoms with Crippen LogP contribution in [0.15, 0.2) is 12.1 Å². The average Bonchev–Trinajstić information content (AvgIpc) is 2.73. The Hall–Kier alpha value is -0.870. The van der Waals surface area contributed by atoms with Crippen LogP contribution in [0.25, 0.3) is 0 Å². The smallest absolute Gasteiger partial charge is 0.305 e. The van der Waals surface area contributed by atoms with Crippen LogP contribution in [0.1, 0.15) is 29.5 Å². The number of esters is 1. The number of nitrogens with two attached hydrogens (primary N) is 1. The molecule has 0 fully saturated rings. The zero-order valence-electron chi connectivity index (χ0n) is 9.86. The van der Waals surface area contributed by atoms with Crippen LogP contribution in [0.5, 0.6) is 0 Å². The van der Waals surface area contributed by atoms with E-state index in [9.17, 15) is 4.79 Å². The maximum atomic E-state index is 10.9. The maximum Gasteiger partial charge on any atom is 0.305 e. The van der Waals surface area contributed by atoms with Crippen molar-refractivity contribution >= 4 is 17.3 Å². The average molecular weight is 241 g/mol. The zero-order chi connectivity index (χ0) is 12.0. The summed E-state index contributed by atoms with van der Waals surface area (Å²) in [5, 5.41) is 0. The lowest BCUT2D eigenvalue weighted by Gasteiger charge is -2.08. The van der Waals surface area contributed by atoms with Gasteiger partial charge in [0.15, 0.2) is 0 Å². The second-order valence-electron chi connectivity index (χ2n) is 3.80. The Balaban J connectivity index is 2.33. The molecule has 1 aromatic rings. The van der Waals surface area contributed by atoms with Crippen molar-refractivity contribution in [1.82, 2.24) is 0 Å². The molecule has 3 nitrogen and oxygen atoms in total. The minimum atomic E-state index is -0.184. The first kappa shape index (κ1) is 13.2. The molecule has 0 aliphatic rings. The third kappa shape index (κ3) is 4.33. The van der Waals surface area contributed by atoms with Crippen molar-refractivity contribution in [2.24, 2.45) is 5.73 Å². The molecule has 1 unspecified atom stereocenters. The van der Waals surface area contributed by atoms with Crippen molar-refractivity contribution in [2.45, 2.75) is 38.6 Å². The zero-order valence-corrected chi connectivity index (χ0v) is 10.7. The molecule has 0 aliphatic carbocycles. The number of aryl methyl sites for hydroxylation is 1. The maximum absolute atomic E-state index is 10.9. The summed E-state index contributed by atoms with van der Waals surface area (Å²) in [5.41, 5.74) is 5.96. The van der Waals surface area contributed by atoms with Crippen molar-refractivity contribution in [2.75, 3.05) is 7.11 Å². The molecule has 0 spiro atoms. The van der Waals surface area contributed by atoms with E-state index >= 15 is 0 Å². The van der Waals surface area contributed by atoms with E-state index in [1.165, 1.54) is 16.9 Å². The molecule has 16 heavy (non-hydrogen) atoms. The lowest BCUT2D eigenvalue weighted by atomic mass is 10.1. The predicted octanol–water partition coefficient (Wildman–Crippen LogP) is 2.13. The summed E-state index contributed by atoms with van der Waals surface area (Å²) in [6.45, 7) is 2.15. The number of rotatable bonds is 6. The van der Waals surface area contributed by atoms with Crippen molar-refractivity contribution in [3.63, 3.8) is 0 Å². The number of hydrogen-bond acceptors (Lipinski definition) is 4. The molecule has 1 heterocycles. The van der Waals surface area contributed by atoms with Gasteiger partial charge in [-0.15, -0.1) is 11.3 Å². The largest absolute Gasteiger partial charge is 0.469 e. The highest BCUT2D eigenvalue weighted by Gasteiger charge is 2.09. The van der Waals surface area contributed by atoms with Crippen molar-refractivity contribution < 1.29 is 9.53 Å². The highest BCUT2D eigenvalue weighted by molar-refractivity contribution is 7.11. The highest BCUT2D eigenvalue weighted by Crippen LogP contribution is 2.19.